The minimum absolute atomic E-state index is 0.198. The molecule has 0 saturated carbocycles. The van der Waals surface area contributed by atoms with Gasteiger partial charge in [0.25, 0.3) is 5.69 Å². The Balaban J connectivity index is 2.80. The van der Waals surface area contributed by atoms with Crippen LogP contribution < -0.4 is 5.32 Å². The maximum atomic E-state index is 12.7. The summed E-state index contributed by atoms with van der Waals surface area (Å²) in [5.41, 5.74) is -2.00. The van der Waals surface area contributed by atoms with Crippen molar-refractivity contribution in [1.82, 2.24) is 0 Å². The van der Waals surface area contributed by atoms with Gasteiger partial charge >= 0.3 is 6.18 Å². The Morgan fingerprint density at radius 1 is 1.35 bits per heavy atom. The van der Waals surface area contributed by atoms with E-state index in [-0.39, 0.29) is 5.69 Å². The third-order valence-electron chi connectivity index (χ3n) is 2.58. The van der Waals surface area contributed by atoms with Crippen LogP contribution >= 0.6 is 0 Å². The second-order valence-corrected chi connectivity index (χ2v) is 4.07. The number of rotatable bonds is 6. The summed E-state index contributed by atoms with van der Waals surface area (Å²) in [6.07, 6.45) is 2.40. The normalized spacial score (nSPS) is 10.9. The monoisotopic (exact) mass is 286 g/mol. The number of halogens is 3. The Kier molecular flexibility index (Phi) is 5.38. The summed E-state index contributed by atoms with van der Waals surface area (Å²) >= 11 is 0. The minimum Gasteiger partial charge on any atom is -0.385 e. The van der Waals surface area contributed by atoms with E-state index in [9.17, 15) is 23.3 Å². The number of hydrogen-bond donors (Lipinski definition) is 1. The molecule has 0 saturated heterocycles. The van der Waals surface area contributed by atoms with Gasteiger partial charge in [-0.3, -0.25) is 10.1 Å². The van der Waals surface area contributed by atoms with Crippen LogP contribution in [0.3, 0.4) is 0 Å². The van der Waals surface area contributed by atoms with Gasteiger partial charge in [-0.15, -0.1) is 12.3 Å². The number of hydrogen-bond acceptors (Lipinski definition) is 3. The molecule has 0 aliphatic carbocycles. The van der Waals surface area contributed by atoms with E-state index in [1.165, 1.54) is 6.07 Å². The largest absolute Gasteiger partial charge is 0.423 e. The van der Waals surface area contributed by atoms with Crippen LogP contribution in [-0.4, -0.2) is 11.5 Å². The van der Waals surface area contributed by atoms with Crippen LogP contribution in [0.2, 0.25) is 0 Å². The number of anilines is 1. The summed E-state index contributed by atoms with van der Waals surface area (Å²) in [5.74, 6) is 2.46. The van der Waals surface area contributed by atoms with E-state index in [2.05, 4.69) is 11.2 Å². The molecule has 0 aliphatic heterocycles. The molecule has 1 N–H and O–H groups in total. The Labute approximate surface area is 114 Å². The number of terminal acetylenes is 1. The van der Waals surface area contributed by atoms with Gasteiger partial charge in [-0.25, -0.2) is 0 Å². The van der Waals surface area contributed by atoms with Crippen molar-refractivity contribution in [1.29, 1.82) is 0 Å². The van der Waals surface area contributed by atoms with Crippen molar-refractivity contribution in [3.05, 3.63) is 33.9 Å². The predicted molar refractivity (Wildman–Crippen MR) is 69.3 cm³/mol. The highest BCUT2D eigenvalue weighted by Gasteiger charge is 2.38. The first kappa shape index (κ1) is 15.8. The molecule has 0 aliphatic rings. The van der Waals surface area contributed by atoms with Gasteiger partial charge in [0.15, 0.2) is 0 Å². The number of nitrogens with one attached hydrogen (secondary N) is 1. The van der Waals surface area contributed by atoms with Crippen LogP contribution in [0.15, 0.2) is 18.2 Å². The summed E-state index contributed by atoms with van der Waals surface area (Å²) in [6.45, 7) is 0.455. The Morgan fingerprint density at radius 3 is 2.60 bits per heavy atom. The summed E-state index contributed by atoms with van der Waals surface area (Å²) in [7, 11) is 0. The van der Waals surface area contributed by atoms with E-state index in [0.717, 1.165) is 18.6 Å². The topological polar surface area (TPSA) is 55.2 Å². The molecule has 108 valence electrons. The zero-order valence-corrected chi connectivity index (χ0v) is 10.5. The summed E-state index contributed by atoms with van der Waals surface area (Å²) in [4.78, 5) is 9.54. The smallest absolute Gasteiger partial charge is 0.385 e. The summed E-state index contributed by atoms with van der Waals surface area (Å²) in [5, 5.41) is 13.4. The fourth-order valence-electron chi connectivity index (χ4n) is 1.62. The molecule has 1 rings (SSSR count). The second-order valence-electron chi connectivity index (χ2n) is 4.07. The number of nitrogens with zero attached hydrogens (tertiary/aromatic N) is 1. The number of benzene rings is 1. The van der Waals surface area contributed by atoms with E-state index in [1.807, 2.05) is 0 Å². The lowest BCUT2D eigenvalue weighted by molar-refractivity contribution is -0.388. The van der Waals surface area contributed by atoms with Crippen LogP contribution in [0.25, 0.3) is 0 Å². The molecule has 0 unspecified atom stereocenters. The third-order valence-corrected chi connectivity index (χ3v) is 2.58. The van der Waals surface area contributed by atoms with E-state index in [1.54, 1.807) is 0 Å². The van der Waals surface area contributed by atoms with Crippen LogP contribution in [0.4, 0.5) is 24.5 Å². The molecule has 1 aromatic carbocycles. The fourth-order valence-corrected chi connectivity index (χ4v) is 1.62. The number of unbranched alkanes of at least 4 members (excludes halogenated alkanes) is 2. The van der Waals surface area contributed by atoms with Gasteiger partial charge in [0, 0.05) is 24.7 Å². The summed E-state index contributed by atoms with van der Waals surface area (Å²) < 4.78 is 38.2. The molecule has 20 heavy (non-hydrogen) atoms. The van der Waals surface area contributed by atoms with Gasteiger partial charge in [0.05, 0.1) is 4.92 Å². The van der Waals surface area contributed by atoms with Crippen LogP contribution in [0.5, 0.6) is 0 Å². The van der Waals surface area contributed by atoms with Gasteiger partial charge in [-0.2, -0.15) is 13.2 Å². The van der Waals surface area contributed by atoms with Gasteiger partial charge < -0.3 is 5.32 Å². The number of nitro benzene ring substituents is 1. The van der Waals surface area contributed by atoms with Crippen LogP contribution in [0, 0.1) is 22.5 Å². The van der Waals surface area contributed by atoms with Crippen molar-refractivity contribution in [2.24, 2.45) is 0 Å². The Morgan fingerprint density at radius 2 is 2.05 bits per heavy atom. The molecule has 0 bridgehead atoms. The first-order valence-electron chi connectivity index (χ1n) is 5.89. The highest BCUT2D eigenvalue weighted by atomic mass is 19.4. The van der Waals surface area contributed by atoms with E-state index >= 15 is 0 Å². The third kappa shape index (κ3) is 4.46. The van der Waals surface area contributed by atoms with Crippen molar-refractivity contribution in [2.45, 2.75) is 25.4 Å². The Hall–Kier alpha value is -2.23. The molecule has 0 atom stereocenters. The lowest BCUT2D eigenvalue weighted by Gasteiger charge is -2.11. The van der Waals surface area contributed by atoms with Crippen molar-refractivity contribution >= 4 is 11.4 Å². The lowest BCUT2D eigenvalue weighted by Crippen LogP contribution is -2.10. The minimum atomic E-state index is -4.76. The van der Waals surface area contributed by atoms with Gasteiger partial charge in [-0.05, 0) is 25.0 Å². The van der Waals surface area contributed by atoms with Crippen LogP contribution in [-0.2, 0) is 6.18 Å². The quantitative estimate of drug-likeness (QED) is 0.374. The van der Waals surface area contributed by atoms with Gasteiger partial charge in [0.1, 0.15) is 5.56 Å². The standard InChI is InChI=1S/C13H13F3N2O2/c1-2-3-4-5-8-17-10-6-7-12(18(19)20)11(9-10)13(14,15)16/h1,6-7,9,17H,3-5,8H2. The maximum Gasteiger partial charge on any atom is 0.423 e. The zero-order chi connectivity index (χ0) is 15.2. The van der Waals surface area contributed by atoms with Gasteiger partial charge in [0.2, 0.25) is 0 Å². The highest BCUT2D eigenvalue weighted by Crippen LogP contribution is 2.37. The molecule has 0 amide bonds. The van der Waals surface area contributed by atoms with E-state index < -0.39 is 22.4 Å². The van der Waals surface area contributed by atoms with Gasteiger partial charge in [-0.1, -0.05) is 0 Å². The molecular formula is C13H13F3N2O2. The molecule has 0 spiro atoms. The van der Waals surface area contributed by atoms with Crippen molar-refractivity contribution in [3.8, 4) is 12.3 Å². The fraction of sp³-hybridized carbons (Fsp3) is 0.385. The average Bonchev–Trinajstić information content (AvgIpc) is 2.37. The molecule has 0 aromatic heterocycles. The molecule has 1 aromatic rings. The molecule has 0 radical (unpaired) electrons. The SMILES string of the molecule is C#CCCCCNc1ccc([N+](=O)[O-])c(C(F)(F)F)c1. The van der Waals surface area contributed by atoms with Crippen LogP contribution in [0.1, 0.15) is 24.8 Å². The van der Waals surface area contributed by atoms with E-state index in [4.69, 9.17) is 6.42 Å². The summed E-state index contributed by atoms with van der Waals surface area (Å²) in [6, 6.07) is 2.86. The van der Waals surface area contributed by atoms with Crippen molar-refractivity contribution in [2.75, 3.05) is 11.9 Å². The molecule has 7 heteroatoms. The number of alkyl halides is 3. The van der Waals surface area contributed by atoms with Crippen molar-refractivity contribution in [3.63, 3.8) is 0 Å². The first-order valence-corrected chi connectivity index (χ1v) is 5.89. The molecule has 4 nitrogen and oxygen atoms in total. The molecule has 0 fully saturated rings. The highest BCUT2D eigenvalue weighted by molar-refractivity contribution is 5.55. The molecular weight excluding hydrogens is 273 g/mol. The average molecular weight is 286 g/mol. The lowest BCUT2D eigenvalue weighted by atomic mass is 10.1. The van der Waals surface area contributed by atoms with E-state index in [0.29, 0.717) is 19.4 Å². The zero-order valence-electron chi connectivity index (χ0n) is 10.5. The Bertz CT molecular complexity index is 521. The second kappa shape index (κ2) is 6.80. The van der Waals surface area contributed by atoms with Crippen molar-refractivity contribution < 1.29 is 18.1 Å². The predicted octanol–water partition coefficient (Wildman–Crippen LogP) is 3.83. The maximum absolute atomic E-state index is 12.7. The first-order chi connectivity index (χ1) is 9.36. The molecule has 0 heterocycles. The number of nitro groups is 1.